The maximum Gasteiger partial charge on any atom is 0.270 e. The molecule has 0 aliphatic carbocycles. The average molecular weight is 441 g/mol. The highest BCUT2D eigenvalue weighted by atomic mass is 32.1. The van der Waals surface area contributed by atoms with Crippen LogP contribution in [-0.4, -0.2) is 41.0 Å². The summed E-state index contributed by atoms with van der Waals surface area (Å²) in [4.78, 5) is 23.7. The van der Waals surface area contributed by atoms with Crippen molar-refractivity contribution in [1.29, 1.82) is 0 Å². The van der Waals surface area contributed by atoms with Crippen LogP contribution in [-0.2, 0) is 6.54 Å². The summed E-state index contributed by atoms with van der Waals surface area (Å²) in [5.41, 5.74) is 1.03. The molecular weight excluding hydrogens is 415 g/mol. The van der Waals surface area contributed by atoms with Crippen molar-refractivity contribution in [3.63, 3.8) is 0 Å². The van der Waals surface area contributed by atoms with Crippen LogP contribution in [0.3, 0.4) is 0 Å². The lowest BCUT2D eigenvalue weighted by Gasteiger charge is -2.36. The van der Waals surface area contributed by atoms with E-state index < -0.39 is 0 Å². The third-order valence-corrected chi connectivity index (χ3v) is 6.43. The van der Waals surface area contributed by atoms with E-state index >= 15 is 0 Å². The first-order chi connectivity index (χ1) is 15.1. The van der Waals surface area contributed by atoms with Crippen LogP contribution >= 0.6 is 11.3 Å². The van der Waals surface area contributed by atoms with E-state index in [1.165, 1.54) is 24.5 Å². The minimum Gasteiger partial charge on any atom is -0.497 e. The monoisotopic (exact) mass is 440 g/mol. The zero-order valence-corrected chi connectivity index (χ0v) is 18.1. The van der Waals surface area contributed by atoms with E-state index in [0.29, 0.717) is 23.6 Å². The molecule has 8 heteroatoms. The number of aromatic nitrogens is 2. The molecule has 1 amide bonds. The molecule has 3 aromatic rings. The Morgan fingerprint density at radius 2 is 2.23 bits per heavy atom. The summed E-state index contributed by atoms with van der Waals surface area (Å²) in [5.74, 6) is 0.216. The number of rotatable bonds is 7. The van der Waals surface area contributed by atoms with Gasteiger partial charge >= 0.3 is 0 Å². The van der Waals surface area contributed by atoms with Crippen LogP contribution in [0.4, 0.5) is 4.39 Å². The molecule has 0 bridgehead atoms. The number of pyridine rings is 1. The Morgan fingerprint density at radius 1 is 1.32 bits per heavy atom. The lowest BCUT2D eigenvalue weighted by atomic mass is 9.90. The Kier molecular flexibility index (Phi) is 6.89. The van der Waals surface area contributed by atoms with E-state index in [2.05, 4.69) is 20.2 Å². The van der Waals surface area contributed by atoms with Crippen molar-refractivity contribution in [2.45, 2.75) is 25.4 Å². The number of likely N-dealkylation sites (tertiary alicyclic amines) is 1. The largest absolute Gasteiger partial charge is 0.497 e. The van der Waals surface area contributed by atoms with Gasteiger partial charge in [0.15, 0.2) is 0 Å². The fourth-order valence-corrected chi connectivity index (χ4v) is 4.79. The third kappa shape index (κ3) is 5.26. The van der Waals surface area contributed by atoms with Crippen LogP contribution in [0.1, 0.15) is 39.9 Å². The van der Waals surface area contributed by atoms with E-state index in [1.807, 2.05) is 5.38 Å². The number of ether oxygens (including phenoxy) is 1. The molecular formula is C23H25FN4O2S. The summed E-state index contributed by atoms with van der Waals surface area (Å²) in [6.07, 6.45) is 5.31. The molecule has 1 aromatic carbocycles. The minimum absolute atomic E-state index is 0.175. The highest BCUT2D eigenvalue weighted by Gasteiger charge is 2.31. The molecule has 6 nitrogen and oxygen atoms in total. The molecule has 0 radical (unpaired) electrons. The summed E-state index contributed by atoms with van der Waals surface area (Å²) in [7, 11) is 1.53. The van der Waals surface area contributed by atoms with Gasteiger partial charge in [0, 0.05) is 42.5 Å². The van der Waals surface area contributed by atoms with Crippen molar-refractivity contribution in [3.05, 3.63) is 76.3 Å². The first-order valence-corrected chi connectivity index (χ1v) is 11.2. The number of nitrogens with one attached hydrogen (secondary N) is 1. The van der Waals surface area contributed by atoms with Gasteiger partial charge in [-0.2, -0.15) is 0 Å². The molecule has 1 saturated heterocycles. The Labute approximate surface area is 185 Å². The maximum absolute atomic E-state index is 14.5. The number of piperidine rings is 1. The van der Waals surface area contributed by atoms with Crippen molar-refractivity contribution < 1.29 is 13.9 Å². The van der Waals surface area contributed by atoms with Crippen LogP contribution in [0.25, 0.3) is 0 Å². The van der Waals surface area contributed by atoms with Crippen LogP contribution < -0.4 is 10.1 Å². The highest BCUT2D eigenvalue weighted by Crippen LogP contribution is 2.32. The average Bonchev–Trinajstić information content (AvgIpc) is 3.34. The number of nitrogens with zero attached hydrogens (tertiary/aromatic N) is 3. The van der Waals surface area contributed by atoms with Crippen LogP contribution in [0, 0.1) is 11.7 Å². The third-order valence-electron chi connectivity index (χ3n) is 5.57. The first-order valence-electron chi connectivity index (χ1n) is 10.3. The second kappa shape index (κ2) is 9.98. The number of thiazole rings is 1. The standard InChI is InChI=1S/C23H25FN4O2S/c1-30-18-8-7-16(19(24)13-18)14-28-11-4-5-17(15-28)21(23-26-10-12-31-23)27-22(29)20-6-2-3-9-25-20/h2-3,6-10,12-13,17,21H,4-5,11,14-15H2,1H3,(H,27,29)/t17-,21+/m0/s1. The van der Waals surface area contributed by atoms with E-state index in [0.717, 1.165) is 30.9 Å². The zero-order valence-electron chi connectivity index (χ0n) is 17.3. The van der Waals surface area contributed by atoms with Gasteiger partial charge in [-0.05, 0) is 43.5 Å². The second-order valence-electron chi connectivity index (χ2n) is 7.63. The smallest absolute Gasteiger partial charge is 0.270 e. The summed E-state index contributed by atoms with van der Waals surface area (Å²) in [5, 5.41) is 5.95. The number of halogens is 1. The second-order valence-corrected chi connectivity index (χ2v) is 8.56. The van der Waals surface area contributed by atoms with Crippen molar-refractivity contribution in [1.82, 2.24) is 20.2 Å². The quantitative estimate of drug-likeness (QED) is 0.600. The molecule has 2 atom stereocenters. The Hall–Kier alpha value is -2.84. The Balaban J connectivity index is 1.49. The SMILES string of the molecule is COc1ccc(CN2CCC[C@H]([C@@H](NC(=O)c3ccccn3)c3nccs3)C2)c(F)c1. The van der Waals surface area contributed by atoms with E-state index in [4.69, 9.17) is 4.74 Å². The van der Waals surface area contributed by atoms with Gasteiger partial charge in [-0.3, -0.25) is 14.7 Å². The van der Waals surface area contributed by atoms with Crippen molar-refractivity contribution in [3.8, 4) is 5.75 Å². The van der Waals surface area contributed by atoms with Crippen molar-refractivity contribution in [2.75, 3.05) is 20.2 Å². The van der Waals surface area contributed by atoms with Gasteiger partial charge in [-0.25, -0.2) is 9.37 Å². The molecule has 1 fully saturated rings. The Morgan fingerprint density at radius 3 is 2.94 bits per heavy atom. The zero-order chi connectivity index (χ0) is 21.6. The van der Waals surface area contributed by atoms with Gasteiger partial charge in [-0.1, -0.05) is 12.1 Å². The molecule has 0 unspecified atom stereocenters. The molecule has 1 N–H and O–H groups in total. The molecule has 162 valence electrons. The van der Waals surface area contributed by atoms with E-state index in [9.17, 15) is 9.18 Å². The lowest BCUT2D eigenvalue weighted by Crippen LogP contribution is -2.43. The number of methoxy groups -OCH3 is 1. The number of benzene rings is 1. The topological polar surface area (TPSA) is 67.3 Å². The normalized spacial score (nSPS) is 17.8. The van der Waals surface area contributed by atoms with E-state index in [-0.39, 0.29) is 23.7 Å². The van der Waals surface area contributed by atoms with Gasteiger partial charge in [0.05, 0.1) is 13.2 Å². The first kappa shape index (κ1) is 21.4. The summed E-state index contributed by atoms with van der Waals surface area (Å²) in [6.45, 7) is 2.16. The van der Waals surface area contributed by atoms with E-state index in [1.54, 1.807) is 42.7 Å². The number of amides is 1. The summed E-state index contributed by atoms with van der Waals surface area (Å²) in [6, 6.07) is 10.1. The molecule has 31 heavy (non-hydrogen) atoms. The number of carbonyl (C=O) groups excluding carboxylic acids is 1. The van der Waals surface area contributed by atoms with Crippen LogP contribution in [0.2, 0.25) is 0 Å². The van der Waals surface area contributed by atoms with Gasteiger partial charge in [-0.15, -0.1) is 11.3 Å². The van der Waals surface area contributed by atoms with Crippen LogP contribution in [0.5, 0.6) is 5.75 Å². The number of carbonyl (C=O) groups is 1. The number of hydrogen-bond donors (Lipinski definition) is 1. The molecule has 1 aliphatic rings. The van der Waals surface area contributed by atoms with Gasteiger partial charge in [0.1, 0.15) is 22.3 Å². The fraction of sp³-hybridized carbons (Fsp3) is 0.348. The highest BCUT2D eigenvalue weighted by molar-refractivity contribution is 7.09. The molecule has 0 saturated carbocycles. The van der Waals surface area contributed by atoms with Gasteiger partial charge in [0.25, 0.3) is 5.91 Å². The van der Waals surface area contributed by atoms with Gasteiger partial charge in [0.2, 0.25) is 0 Å². The predicted molar refractivity (Wildman–Crippen MR) is 118 cm³/mol. The molecule has 2 aromatic heterocycles. The van der Waals surface area contributed by atoms with Gasteiger partial charge < -0.3 is 10.1 Å². The predicted octanol–water partition coefficient (Wildman–Crippen LogP) is 4.07. The molecule has 1 aliphatic heterocycles. The van der Waals surface area contributed by atoms with Crippen molar-refractivity contribution >= 4 is 17.2 Å². The number of hydrogen-bond acceptors (Lipinski definition) is 6. The molecule has 3 heterocycles. The lowest BCUT2D eigenvalue weighted by molar-refractivity contribution is 0.0872. The Bertz CT molecular complexity index is 1000. The molecule has 4 rings (SSSR count). The van der Waals surface area contributed by atoms with Crippen LogP contribution in [0.15, 0.2) is 54.2 Å². The summed E-state index contributed by atoms with van der Waals surface area (Å²) >= 11 is 1.53. The molecule has 0 spiro atoms. The summed E-state index contributed by atoms with van der Waals surface area (Å²) < 4.78 is 19.6. The maximum atomic E-state index is 14.5. The van der Waals surface area contributed by atoms with Crippen molar-refractivity contribution in [2.24, 2.45) is 5.92 Å². The minimum atomic E-state index is -0.263. The fourth-order valence-electron chi connectivity index (χ4n) is 4.01.